The third-order valence-corrected chi connectivity index (χ3v) is 0. The third kappa shape index (κ3) is 4070. The van der Waals surface area contributed by atoms with E-state index >= 15 is 0 Å². The van der Waals surface area contributed by atoms with Crippen LogP contribution in [0.25, 0.3) is 0 Å². The average molecular weight is 215 g/mol. The number of rotatable bonds is 0. The maximum Gasteiger partial charge on any atom is 1.00 e. The Morgan fingerprint density at radius 2 is 1.09 bits per heavy atom. The molecule has 0 aliphatic rings. The van der Waals surface area contributed by atoms with Crippen LogP contribution in [0.3, 0.4) is 0 Å². The molecular weight excluding hydrogens is 208 g/mol. The van der Waals surface area contributed by atoms with Gasteiger partial charge in [0.15, 0.2) is 0 Å². The maximum absolute atomic E-state index is 8.36. The molecule has 0 radical (unpaired) electrons. The monoisotopic (exact) mass is 215 g/mol. The molecule has 11 heteroatoms. The van der Waals surface area contributed by atoms with Crippen molar-refractivity contribution >= 4 is 9.90 Å². The van der Waals surface area contributed by atoms with Crippen LogP contribution in [-0.4, -0.2) is 15.4 Å². The summed E-state index contributed by atoms with van der Waals surface area (Å²) >= 11 is 0. The van der Waals surface area contributed by atoms with E-state index in [0.29, 0.717) is 0 Å². The van der Waals surface area contributed by atoms with Gasteiger partial charge in [-0.2, -0.15) is 9.90 Å². The molecular formula is H7KN3O6P. The van der Waals surface area contributed by atoms with Crippen LogP contribution >= 0.6 is 9.90 Å². The Labute approximate surface area is 107 Å². The minimum absolute atomic E-state index is 0. The number of hydrogen-bond donors (Lipinski definition) is 2. The van der Waals surface area contributed by atoms with Crippen molar-refractivity contribution in [3.8, 4) is 0 Å². The molecule has 0 heterocycles. The second kappa shape index (κ2) is 22.4. The SMILES string of the molecule is N.O=[N+]([O-])O.O=[N+]([O-])[O-].P.[K+]. The molecule has 0 bridgehead atoms. The molecule has 0 rings (SSSR count). The van der Waals surface area contributed by atoms with Crippen LogP contribution < -0.4 is 57.5 Å². The first-order valence-corrected chi connectivity index (χ1v) is 1.11. The molecule has 11 heavy (non-hydrogen) atoms. The van der Waals surface area contributed by atoms with Crippen molar-refractivity contribution in [3.05, 3.63) is 25.4 Å². The molecule has 0 saturated carbocycles. The summed E-state index contributed by atoms with van der Waals surface area (Å²) in [6, 6.07) is 0. The molecule has 64 valence electrons. The summed E-state index contributed by atoms with van der Waals surface area (Å²) in [7, 11) is 0. The Kier molecular flexibility index (Phi) is 61.3. The fourth-order valence-corrected chi connectivity index (χ4v) is 0. The van der Waals surface area contributed by atoms with E-state index in [0.717, 1.165) is 0 Å². The van der Waals surface area contributed by atoms with E-state index in [2.05, 4.69) is 0 Å². The molecule has 0 saturated heterocycles. The summed E-state index contributed by atoms with van der Waals surface area (Å²) in [5.74, 6) is 0. The molecule has 1 unspecified atom stereocenters. The molecule has 0 spiro atoms. The van der Waals surface area contributed by atoms with Gasteiger partial charge in [-0.25, -0.2) is 0 Å². The fourth-order valence-electron chi connectivity index (χ4n) is 0. The first-order chi connectivity index (χ1) is 3.46. The first-order valence-electron chi connectivity index (χ1n) is 1.11. The fraction of sp³-hybridized carbons (Fsp3) is 0. The van der Waals surface area contributed by atoms with Gasteiger partial charge in [-0.3, -0.25) is 0 Å². The van der Waals surface area contributed by atoms with E-state index in [-0.39, 0.29) is 67.4 Å². The van der Waals surface area contributed by atoms with Crippen LogP contribution in [0, 0.1) is 25.4 Å². The van der Waals surface area contributed by atoms with Gasteiger partial charge in [0.2, 0.25) is 0 Å². The van der Waals surface area contributed by atoms with Gasteiger partial charge in [-0.1, -0.05) is 0 Å². The van der Waals surface area contributed by atoms with Gasteiger partial charge in [0.05, 0.1) is 5.09 Å². The minimum atomic E-state index is -1.75. The maximum atomic E-state index is 8.36. The largest absolute Gasteiger partial charge is 1.00 e. The molecule has 0 aromatic rings. The summed E-state index contributed by atoms with van der Waals surface area (Å²) in [6.07, 6.45) is 0. The van der Waals surface area contributed by atoms with E-state index in [1.54, 1.807) is 0 Å². The summed E-state index contributed by atoms with van der Waals surface area (Å²) in [6.45, 7) is 0. The van der Waals surface area contributed by atoms with Gasteiger partial charge >= 0.3 is 51.4 Å². The van der Waals surface area contributed by atoms with Gasteiger partial charge in [-0.15, -0.1) is 10.1 Å². The normalized spacial score (nSPS) is 4.36. The van der Waals surface area contributed by atoms with Gasteiger partial charge in [0.1, 0.15) is 0 Å². The zero-order valence-electron chi connectivity index (χ0n) is 5.80. The molecule has 0 fully saturated rings. The zero-order chi connectivity index (χ0) is 7.15. The Bertz CT molecular complexity index is 75.8. The predicted octanol–water partition coefficient (Wildman–Crippen LogP) is -3.36. The van der Waals surface area contributed by atoms with E-state index in [9.17, 15) is 0 Å². The van der Waals surface area contributed by atoms with Crippen molar-refractivity contribution in [2.45, 2.75) is 0 Å². The summed E-state index contributed by atoms with van der Waals surface area (Å²) in [5.41, 5.74) is 0. The van der Waals surface area contributed by atoms with Crippen molar-refractivity contribution < 1.29 is 66.8 Å². The molecule has 9 nitrogen and oxygen atoms in total. The van der Waals surface area contributed by atoms with Crippen LogP contribution in [0.15, 0.2) is 0 Å². The van der Waals surface area contributed by atoms with Crippen LogP contribution in [0.5, 0.6) is 0 Å². The Morgan fingerprint density at radius 1 is 1.09 bits per heavy atom. The Morgan fingerprint density at radius 3 is 1.09 bits per heavy atom. The Hall–Kier alpha value is 0.426. The van der Waals surface area contributed by atoms with Crippen molar-refractivity contribution in [1.82, 2.24) is 6.15 Å². The smallest absolute Gasteiger partial charge is 0.356 e. The minimum Gasteiger partial charge on any atom is -0.356 e. The van der Waals surface area contributed by atoms with Crippen molar-refractivity contribution in [2.75, 3.05) is 0 Å². The quantitative estimate of drug-likeness (QED) is 0.184. The second-order valence-electron chi connectivity index (χ2n) is 0.461. The molecule has 0 aromatic heterocycles. The second-order valence-corrected chi connectivity index (χ2v) is 0.461. The van der Waals surface area contributed by atoms with Crippen molar-refractivity contribution in [2.24, 2.45) is 0 Å². The summed E-state index contributed by atoms with van der Waals surface area (Å²) in [4.78, 5) is 16.6. The molecule has 0 aliphatic carbocycles. The van der Waals surface area contributed by atoms with Gasteiger partial charge in [0.25, 0.3) is 5.09 Å². The topological polar surface area (TPSA) is 165 Å². The van der Waals surface area contributed by atoms with Gasteiger partial charge in [0, 0.05) is 0 Å². The van der Waals surface area contributed by atoms with E-state index in [1.807, 2.05) is 0 Å². The van der Waals surface area contributed by atoms with E-state index in [4.69, 9.17) is 30.6 Å². The summed E-state index contributed by atoms with van der Waals surface area (Å²) in [5, 5.41) is 28.4. The first kappa shape index (κ1) is 30.1. The van der Waals surface area contributed by atoms with Crippen LogP contribution in [0.1, 0.15) is 0 Å². The molecule has 0 aliphatic heterocycles. The number of hydrogen-bond acceptors (Lipinski definition) is 6. The van der Waals surface area contributed by atoms with E-state index in [1.165, 1.54) is 0 Å². The molecule has 0 aromatic carbocycles. The van der Waals surface area contributed by atoms with Crippen LogP contribution in [0.2, 0.25) is 0 Å². The molecule has 0 amide bonds. The van der Waals surface area contributed by atoms with Crippen LogP contribution in [0.4, 0.5) is 0 Å². The zero-order valence-corrected chi connectivity index (χ0v) is 10.3. The van der Waals surface area contributed by atoms with E-state index < -0.39 is 10.2 Å². The predicted molar refractivity (Wildman–Crippen MR) is 35.3 cm³/mol. The van der Waals surface area contributed by atoms with Crippen molar-refractivity contribution in [1.29, 1.82) is 0 Å². The molecule has 1 atom stereocenters. The molecule has 4 N–H and O–H groups in total. The number of nitrogens with zero attached hydrogens (tertiary/aromatic N) is 2. The van der Waals surface area contributed by atoms with Crippen LogP contribution in [-0.2, 0) is 0 Å². The Balaban J connectivity index is -0.0000000171. The third-order valence-electron chi connectivity index (χ3n) is 0. The standard InChI is InChI=1S/K.HNO3.NO3.H3N.H3P/c;2*2-1(3)4;;/h;(H,2,3,4);;2*1H3/q+1;;-1;;. The van der Waals surface area contributed by atoms with Gasteiger partial charge < -0.3 is 26.7 Å². The average Bonchev–Trinajstić information content (AvgIpc) is 1.25. The van der Waals surface area contributed by atoms with Crippen molar-refractivity contribution in [3.63, 3.8) is 0 Å². The summed E-state index contributed by atoms with van der Waals surface area (Å²) < 4.78 is 0. The van der Waals surface area contributed by atoms with Gasteiger partial charge in [-0.05, 0) is 0 Å².